The molecule has 1 fully saturated rings. The predicted octanol–water partition coefficient (Wildman–Crippen LogP) is 4.12. The van der Waals surface area contributed by atoms with Gasteiger partial charge in [0.2, 0.25) is 5.95 Å². The first-order valence-electron chi connectivity index (χ1n) is 6.67. The van der Waals surface area contributed by atoms with Crippen LogP contribution < -0.4 is 5.73 Å². The average Bonchev–Trinajstić information content (AvgIpc) is 2.76. The Balaban J connectivity index is 2.13. The van der Waals surface area contributed by atoms with Crippen molar-refractivity contribution in [3.05, 3.63) is 23.2 Å². The summed E-state index contributed by atoms with van der Waals surface area (Å²) in [6.45, 7) is 0. The minimum atomic E-state index is 0.437. The second-order valence-electron chi connectivity index (χ2n) is 5.07. The van der Waals surface area contributed by atoms with Crippen LogP contribution in [0, 0.1) is 0 Å². The molecular weight excluding hydrogens is 278 g/mol. The molecule has 102 valence electrons. The van der Waals surface area contributed by atoms with E-state index in [9.17, 15) is 0 Å². The highest BCUT2D eigenvalue weighted by Gasteiger charge is 2.28. The highest BCUT2D eigenvalue weighted by Crippen LogP contribution is 2.39. The molecule has 0 bridgehead atoms. The second kappa shape index (κ2) is 5.25. The van der Waals surface area contributed by atoms with Crippen LogP contribution in [-0.4, -0.2) is 21.1 Å². The molecule has 1 aromatic heterocycles. The number of hydrogen-bond donors (Lipinski definition) is 1. The molecular formula is C14H18ClN3S. The largest absolute Gasteiger partial charge is 0.369 e. The third-order valence-corrected chi connectivity index (χ3v) is 5.46. The van der Waals surface area contributed by atoms with Crippen molar-refractivity contribution in [3.63, 3.8) is 0 Å². The molecule has 1 aromatic carbocycles. The van der Waals surface area contributed by atoms with E-state index >= 15 is 0 Å². The van der Waals surface area contributed by atoms with Gasteiger partial charge < -0.3 is 10.3 Å². The first-order chi connectivity index (χ1) is 9.22. The van der Waals surface area contributed by atoms with E-state index in [1.165, 1.54) is 25.7 Å². The van der Waals surface area contributed by atoms with E-state index in [1.807, 2.05) is 23.9 Å². The fraction of sp³-hybridized carbons (Fsp3) is 0.500. The highest BCUT2D eigenvalue weighted by molar-refractivity contribution is 7.99. The predicted molar refractivity (Wildman–Crippen MR) is 84.0 cm³/mol. The molecule has 1 aliphatic carbocycles. The Hall–Kier alpha value is -0.870. The van der Waals surface area contributed by atoms with E-state index < -0.39 is 0 Å². The topological polar surface area (TPSA) is 43.8 Å². The number of anilines is 1. The van der Waals surface area contributed by atoms with Gasteiger partial charge in [0, 0.05) is 11.3 Å². The Bertz CT molecular complexity index is 596. The van der Waals surface area contributed by atoms with E-state index in [0.29, 0.717) is 22.3 Å². The number of benzene rings is 1. The lowest BCUT2D eigenvalue weighted by Gasteiger charge is -2.32. The zero-order chi connectivity index (χ0) is 13.4. The summed E-state index contributed by atoms with van der Waals surface area (Å²) >= 11 is 8.15. The number of nitrogen functional groups attached to an aromatic ring is 1. The van der Waals surface area contributed by atoms with E-state index in [1.54, 1.807) is 0 Å². The van der Waals surface area contributed by atoms with Crippen LogP contribution in [-0.2, 0) is 0 Å². The molecule has 19 heavy (non-hydrogen) atoms. The molecule has 1 aliphatic rings. The molecule has 2 atom stereocenters. The molecule has 2 unspecified atom stereocenters. The molecule has 0 radical (unpaired) electrons. The number of fused-ring (bicyclic) bond motifs is 1. The molecule has 3 nitrogen and oxygen atoms in total. The third-order valence-electron chi connectivity index (χ3n) is 4.00. The average molecular weight is 296 g/mol. The Kier molecular flexibility index (Phi) is 3.63. The van der Waals surface area contributed by atoms with Crippen LogP contribution in [0.2, 0.25) is 5.02 Å². The van der Waals surface area contributed by atoms with Crippen LogP contribution in [0.25, 0.3) is 11.0 Å². The van der Waals surface area contributed by atoms with Gasteiger partial charge in [0.05, 0.1) is 10.5 Å². The number of thioether (sulfide) groups is 1. The smallest absolute Gasteiger partial charge is 0.201 e. The minimum absolute atomic E-state index is 0.437. The van der Waals surface area contributed by atoms with Gasteiger partial charge >= 0.3 is 0 Å². The standard InChI is InChI=1S/C14H18ClN3S/c1-19-12-8-3-2-6-10(12)18-11-7-4-5-9(15)13(11)17-14(18)16/h4-5,7,10,12H,2-3,6,8H2,1H3,(H2,16,17). The van der Waals surface area contributed by atoms with Crippen LogP contribution in [0.5, 0.6) is 0 Å². The maximum atomic E-state index is 6.21. The van der Waals surface area contributed by atoms with Gasteiger partial charge in [0.1, 0.15) is 5.52 Å². The van der Waals surface area contributed by atoms with Crippen molar-refractivity contribution >= 4 is 40.3 Å². The molecule has 0 spiro atoms. The second-order valence-corrected chi connectivity index (χ2v) is 6.56. The zero-order valence-corrected chi connectivity index (χ0v) is 12.5. The summed E-state index contributed by atoms with van der Waals surface area (Å²) in [7, 11) is 0. The number of imidazole rings is 1. The lowest BCUT2D eigenvalue weighted by atomic mass is 9.94. The Morgan fingerprint density at radius 2 is 2.16 bits per heavy atom. The molecule has 2 N–H and O–H groups in total. The van der Waals surface area contributed by atoms with Gasteiger partial charge in [-0.15, -0.1) is 0 Å². The number of rotatable bonds is 2. The number of nitrogens with zero attached hydrogens (tertiary/aromatic N) is 2. The van der Waals surface area contributed by atoms with Gasteiger partial charge in [-0.2, -0.15) is 11.8 Å². The van der Waals surface area contributed by atoms with Crippen LogP contribution in [0.4, 0.5) is 5.95 Å². The molecule has 3 rings (SSSR count). The minimum Gasteiger partial charge on any atom is -0.369 e. The maximum absolute atomic E-state index is 6.21. The fourth-order valence-corrected chi connectivity index (χ4v) is 4.28. The summed E-state index contributed by atoms with van der Waals surface area (Å²) in [4.78, 5) is 4.46. The van der Waals surface area contributed by atoms with Gasteiger partial charge in [0.25, 0.3) is 0 Å². The zero-order valence-electron chi connectivity index (χ0n) is 11.0. The van der Waals surface area contributed by atoms with Crippen molar-refractivity contribution in [2.75, 3.05) is 12.0 Å². The Morgan fingerprint density at radius 3 is 2.95 bits per heavy atom. The van der Waals surface area contributed by atoms with Crippen molar-refractivity contribution < 1.29 is 0 Å². The molecule has 2 aromatic rings. The summed E-state index contributed by atoms with van der Waals surface area (Å²) in [5, 5.41) is 1.30. The van der Waals surface area contributed by atoms with E-state index in [-0.39, 0.29) is 0 Å². The number of hydrogen-bond acceptors (Lipinski definition) is 3. The van der Waals surface area contributed by atoms with E-state index in [4.69, 9.17) is 17.3 Å². The fourth-order valence-electron chi connectivity index (χ4n) is 3.10. The normalized spacial score (nSPS) is 23.9. The molecule has 1 saturated carbocycles. The number of halogens is 1. The van der Waals surface area contributed by atoms with Crippen LogP contribution in [0.15, 0.2) is 18.2 Å². The van der Waals surface area contributed by atoms with Crippen molar-refractivity contribution in [1.82, 2.24) is 9.55 Å². The number of aromatic nitrogens is 2. The molecule has 0 aliphatic heterocycles. The van der Waals surface area contributed by atoms with Crippen molar-refractivity contribution in [2.45, 2.75) is 37.0 Å². The van der Waals surface area contributed by atoms with Gasteiger partial charge in [-0.3, -0.25) is 0 Å². The monoisotopic (exact) mass is 295 g/mol. The van der Waals surface area contributed by atoms with E-state index in [0.717, 1.165) is 11.0 Å². The SMILES string of the molecule is CSC1CCCCC1n1c(N)nc2c(Cl)cccc21. The van der Waals surface area contributed by atoms with Gasteiger partial charge in [-0.25, -0.2) is 4.98 Å². The van der Waals surface area contributed by atoms with Crippen molar-refractivity contribution in [3.8, 4) is 0 Å². The van der Waals surface area contributed by atoms with Gasteiger partial charge in [0.15, 0.2) is 0 Å². The van der Waals surface area contributed by atoms with Crippen LogP contribution in [0.1, 0.15) is 31.7 Å². The number of nitrogens with two attached hydrogens (primary N) is 1. The van der Waals surface area contributed by atoms with Crippen LogP contribution >= 0.6 is 23.4 Å². The Labute approximate surface area is 122 Å². The number of para-hydroxylation sites is 1. The Morgan fingerprint density at radius 1 is 1.37 bits per heavy atom. The summed E-state index contributed by atoms with van der Waals surface area (Å²) in [6.07, 6.45) is 7.20. The summed E-state index contributed by atoms with van der Waals surface area (Å²) in [5.74, 6) is 0.592. The molecule has 5 heteroatoms. The summed E-state index contributed by atoms with van der Waals surface area (Å²) in [5.41, 5.74) is 8.05. The first-order valence-corrected chi connectivity index (χ1v) is 8.33. The van der Waals surface area contributed by atoms with Gasteiger partial charge in [-0.05, 0) is 31.2 Å². The van der Waals surface area contributed by atoms with Crippen molar-refractivity contribution in [2.24, 2.45) is 0 Å². The lowest BCUT2D eigenvalue weighted by molar-refractivity contribution is 0.374. The quantitative estimate of drug-likeness (QED) is 0.906. The first kappa shape index (κ1) is 13.1. The van der Waals surface area contributed by atoms with E-state index in [2.05, 4.69) is 21.9 Å². The van der Waals surface area contributed by atoms with Crippen LogP contribution in [0.3, 0.4) is 0 Å². The molecule has 0 saturated heterocycles. The maximum Gasteiger partial charge on any atom is 0.201 e. The summed E-state index contributed by atoms with van der Waals surface area (Å²) < 4.78 is 2.20. The lowest BCUT2D eigenvalue weighted by Crippen LogP contribution is -2.26. The summed E-state index contributed by atoms with van der Waals surface area (Å²) in [6, 6.07) is 6.34. The van der Waals surface area contributed by atoms with Crippen molar-refractivity contribution in [1.29, 1.82) is 0 Å². The third kappa shape index (κ3) is 2.21. The molecule has 0 amide bonds. The molecule has 1 heterocycles. The highest BCUT2D eigenvalue weighted by atomic mass is 35.5. The van der Waals surface area contributed by atoms with Gasteiger partial charge in [-0.1, -0.05) is 30.5 Å².